The summed E-state index contributed by atoms with van der Waals surface area (Å²) in [5.74, 6) is 1.04. The van der Waals surface area contributed by atoms with E-state index in [4.69, 9.17) is 4.52 Å². The van der Waals surface area contributed by atoms with Crippen molar-refractivity contribution >= 4 is 5.91 Å². The molecular weight excluding hydrogens is 326 g/mol. The molecule has 0 unspecified atom stereocenters. The van der Waals surface area contributed by atoms with Crippen LogP contribution >= 0.6 is 0 Å². The van der Waals surface area contributed by atoms with E-state index >= 15 is 0 Å². The largest absolute Gasteiger partial charge is 0.359 e. The van der Waals surface area contributed by atoms with E-state index in [2.05, 4.69) is 54.2 Å². The normalized spacial score (nSPS) is 16.8. The minimum Gasteiger partial charge on any atom is -0.359 e. The van der Waals surface area contributed by atoms with Gasteiger partial charge in [0, 0.05) is 19.2 Å². The summed E-state index contributed by atoms with van der Waals surface area (Å²) >= 11 is 0. The second kappa shape index (κ2) is 8.32. The number of rotatable bonds is 7. The van der Waals surface area contributed by atoms with Gasteiger partial charge in [0.15, 0.2) is 11.5 Å². The standard InChI is InChI=1S/C21H27N3O2/c1-16(2)20-10-7-12-24(20)21(25)19-14-18(26-22-19)15-23(3)13-11-17-8-5-4-6-9-17/h4-10,14,16,20H,11-13,15H2,1-3H3/t20-/m0/s1. The van der Waals surface area contributed by atoms with Crippen molar-refractivity contribution < 1.29 is 9.32 Å². The lowest BCUT2D eigenvalue weighted by Crippen LogP contribution is -2.39. The first-order chi connectivity index (χ1) is 12.5. The fourth-order valence-corrected chi connectivity index (χ4v) is 3.29. The minimum atomic E-state index is -0.0596. The Hall–Kier alpha value is -2.40. The molecule has 1 aromatic carbocycles. The van der Waals surface area contributed by atoms with Gasteiger partial charge in [-0.15, -0.1) is 0 Å². The molecule has 1 aromatic heterocycles. The van der Waals surface area contributed by atoms with Gasteiger partial charge in [0.1, 0.15) is 0 Å². The maximum absolute atomic E-state index is 12.7. The van der Waals surface area contributed by atoms with Crippen molar-refractivity contribution in [3.8, 4) is 0 Å². The zero-order valence-corrected chi connectivity index (χ0v) is 15.8. The van der Waals surface area contributed by atoms with E-state index in [0.717, 1.165) is 18.7 Å². The Morgan fingerprint density at radius 2 is 2.12 bits per heavy atom. The summed E-state index contributed by atoms with van der Waals surface area (Å²) in [6.45, 7) is 6.44. The fraction of sp³-hybridized carbons (Fsp3) is 0.429. The quantitative estimate of drug-likeness (QED) is 0.716. The predicted octanol–water partition coefficient (Wildman–Crippen LogP) is 3.39. The van der Waals surface area contributed by atoms with Gasteiger partial charge in [0.05, 0.1) is 12.6 Å². The molecule has 0 N–H and O–H groups in total. The third-order valence-electron chi connectivity index (χ3n) is 4.77. The number of aromatic nitrogens is 1. The lowest BCUT2D eigenvalue weighted by molar-refractivity contribution is 0.0710. The van der Waals surface area contributed by atoms with E-state index in [-0.39, 0.29) is 11.9 Å². The second-order valence-corrected chi connectivity index (χ2v) is 7.27. The van der Waals surface area contributed by atoms with Crippen LogP contribution < -0.4 is 0 Å². The Labute approximate surface area is 155 Å². The molecule has 1 atom stereocenters. The molecular formula is C21H27N3O2. The highest BCUT2D eigenvalue weighted by Crippen LogP contribution is 2.20. The minimum absolute atomic E-state index is 0.0596. The van der Waals surface area contributed by atoms with Crippen LogP contribution in [-0.4, -0.2) is 47.0 Å². The zero-order valence-electron chi connectivity index (χ0n) is 15.8. The number of carbonyl (C=O) groups is 1. The molecule has 1 amide bonds. The summed E-state index contributed by atoms with van der Waals surface area (Å²) in [6, 6.07) is 12.3. The molecule has 0 bridgehead atoms. The summed E-state index contributed by atoms with van der Waals surface area (Å²) in [5.41, 5.74) is 1.71. The van der Waals surface area contributed by atoms with E-state index in [1.54, 1.807) is 6.07 Å². The summed E-state index contributed by atoms with van der Waals surface area (Å²) in [5, 5.41) is 4.01. The molecule has 0 saturated carbocycles. The highest BCUT2D eigenvalue weighted by Gasteiger charge is 2.29. The number of hydrogen-bond acceptors (Lipinski definition) is 4. The van der Waals surface area contributed by atoms with Crippen LogP contribution in [-0.2, 0) is 13.0 Å². The van der Waals surface area contributed by atoms with E-state index in [0.29, 0.717) is 24.7 Å². The SMILES string of the molecule is CC(C)[C@@H]1C=CCN1C(=O)c1cc(CN(C)CCc2ccccc2)on1. The molecule has 5 heteroatoms. The first kappa shape index (κ1) is 18.4. The lowest BCUT2D eigenvalue weighted by Gasteiger charge is -2.26. The van der Waals surface area contributed by atoms with Crippen LogP contribution in [0.4, 0.5) is 0 Å². The highest BCUT2D eigenvalue weighted by molar-refractivity contribution is 5.93. The van der Waals surface area contributed by atoms with Crippen LogP contribution in [0.1, 0.15) is 35.7 Å². The molecule has 1 aliphatic rings. The third-order valence-corrected chi connectivity index (χ3v) is 4.77. The molecule has 5 nitrogen and oxygen atoms in total. The number of amides is 1. The van der Waals surface area contributed by atoms with Gasteiger partial charge in [-0.2, -0.15) is 0 Å². The number of benzene rings is 1. The highest BCUT2D eigenvalue weighted by atomic mass is 16.5. The van der Waals surface area contributed by atoms with Crippen molar-refractivity contribution in [2.45, 2.75) is 32.9 Å². The first-order valence-electron chi connectivity index (χ1n) is 9.20. The Morgan fingerprint density at radius 3 is 2.85 bits per heavy atom. The smallest absolute Gasteiger partial charge is 0.276 e. The monoisotopic (exact) mass is 353 g/mol. The Morgan fingerprint density at radius 1 is 1.35 bits per heavy atom. The summed E-state index contributed by atoms with van der Waals surface area (Å²) in [7, 11) is 2.05. The van der Waals surface area contributed by atoms with Crippen LogP contribution in [0.5, 0.6) is 0 Å². The molecule has 1 aliphatic heterocycles. The molecule has 0 radical (unpaired) electrons. The number of carbonyl (C=O) groups excluding carboxylic acids is 1. The van der Waals surface area contributed by atoms with Crippen LogP contribution in [0.25, 0.3) is 0 Å². The molecule has 2 aromatic rings. The van der Waals surface area contributed by atoms with Crippen molar-refractivity contribution in [2.24, 2.45) is 5.92 Å². The predicted molar refractivity (Wildman–Crippen MR) is 102 cm³/mol. The summed E-state index contributed by atoms with van der Waals surface area (Å²) < 4.78 is 5.40. The number of hydrogen-bond donors (Lipinski definition) is 0. The van der Waals surface area contributed by atoms with Gasteiger partial charge < -0.3 is 9.42 Å². The molecule has 0 aliphatic carbocycles. The number of nitrogens with zero attached hydrogens (tertiary/aromatic N) is 3. The van der Waals surface area contributed by atoms with Gasteiger partial charge >= 0.3 is 0 Å². The molecule has 2 heterocycles. The van der Waals surface area contributed by atoms with Crippen molar-refractivity contribution in [1.29, 1.82) is 0 Å². The van der Waals surface area contributed by atoms with Crippen LogP contribution in [0.15, 0.2) is 53.1 Å². The maximum atomic E-state index is 12.7. The van der Waals surface area contributed by atoms with E-state index in [1.165, 1.54) is 5.56 Å². The van der Waals surface area contributed by atoms with E-state index < -0.39 is 0 Å². The fourth-order valence-electron chi connectivity index (χ4n) is 3.29. The molecule has 0 saturated heterocycles. The third kappa shape index (κ3) is 4.41. The van der Waals surface area contributed by atoms with Crippen LogP contribution in [0, 0.1) is 5.92 Å². The van der Waals surface area contributed by atoms with Gasteiger partial charge in [0.2, 0.25) is 0 Å². The maximum Gasteiger partial charge on any atom is 0.276 e. The molecule has 138 valence electrons. The Kier molecular flexibility index (Phi) is 5.89. The lowest BCUT2D eigenvalue weighted by atomic mass is 10.0. The van der Waals surface area contributed by atoms with Crippen molar-refractivity contribution in [2.75, 3.05) is 20.1 Å². The van der Waals surface area contributed by atoms with Crippen molar-refractivity contribution in [3.63, 3.8) is 0 Å². The second-order valence-electron chi connectivity index (χ2n) is 7.27. The van der Waals surface area contributed by atoms with Crippen molar-refractivity contribution in [1.82, 2.24) is 15.0 Å². The molecule has 3 rings (SSSR count). The van der Waals surface area contributed by atoms with E-state index in [9.17, 15) is 4.79 Å². The van der Waals surface area contributed by atoms with Crippen LogP contribution in [0.2, 0.25) is 0 Å². The van der Waals surface area contributed by atoms with Crippen molar-refractivity contribution in [3.05, 3.63) is 65.6 Å². The first-order valence-corrected chi connectivity index (χ1v) is 9.20. The Balaban J connectivity index is 1.55. The zero-order chi connectivity index (χ0) is 18.5. The van der Waals surface area contributed by atoms with Gasteiger partial charge in [-0.3, -0.25) is 9.69 Å². The van der Waals surface area contributed by atoms with Gasteiger partial charge in [-0.05, 0) is 24.9 Å². The van der Waals surface area contributed by atoms with Gasteiger partial charge in [-0.1, -0.05) is 61.5 Å². The van der Waals surface area contributed by atoms with Gasteiger partial charge in [-0.25, -0.2) is 0 Å². The number of likely N-dealkylation sites (N-methyl/N-ethyl adjacent to an activating group) is 1. The van der Waals surface area contributed by atoms with Crippen LogP contribution in [0.3, 0.4) is 0 Å². The Bertz CT molecular complexity index is 752. The van der Waals surface area contributed by atoms with Gasteiger partial charge in [0.25, 0.3) is 5.91 Å². The molecule has 0 fully saturated rings. The molecule has 26 heavy (non-hydrogen) atoms. The average molecular weight is 353 g/mol. The topological polar surface area (TPSA) is 49.6 Å². The summed E-state index contributed by atoms with van der Waals surface area (Å²) in [4.78, 5) is 16.8. The average Bonchev–Trinajstić information content (AvgIpc) is 3.30. The van der Waals surface area contributed by atoms with E-state index in [1.807, 2.05) is 24.1 Å². The molecule has 0 spiro atoms. The summed E-state index contributed by atoms with van der Waals surface area (Å²) in [6.07, 6.45) is 5.12.